The quantitative estimate of drug-likeness (QED) is 0.720. The van der Waals surface area contributed by atoms with E-state index in [2.05, 4.69) is 0 Å². The first-order chi connectivity index (χ1) is 15.0. The maximum atomic E-state index is 13.4. The second kappa shape index (κ2) is 9.45. The second-order valence-electron chi connectivity index (χ2n) is 8.20. The summed E-state index contributed by atoms with van der Waals surface area (Å²) in [6, 6.07) is 10.5. The summed E-state index contributed by atoms with van der Waals surface area (Å²) in [6.07, 6.45) is 3.69. The van der Waals surface area contributed by atoms with Crippen molar-refractivity contribution in [3.8, 4) is 5.75 Å². The molecule has 2 heterocycles. The summed E-state index contributed by atoms with van der Waals surface area (Å²) >= 11 is 0. The number of halogens is 2. The molecule has 2 amide bonds. The van der Waals surface area contributed by atoms with Gasteiger partial charge in [0.15, 0.2) is 11.6 Å². The fourth-order valence-electron chi connectivity index (χ4n) is 4.13. The Morgan fingerprint density at radius 3 is 2.03 bits per heavy atom. The fraction of sp³-hybridized carbons (Fsp3) is 0.417. The molecule has 31 heavy (non-hydrogen) atoms. The molecule has 2 aliphatic rings. The van der Waals surface area contributed by atoms with Crippen molar-refractivity contribution in [3.63, 3.8) is 0 Å². The zero-order chi connectivity index (χ0) is 21.8. The fourth-order valence-corrected chi connectivity index (χ4v) is 4.13. The van der Waals surface area contributed by atoms with Crippen LogP contribution in [0.1, 0.15) is 46.4 Å². The van der Waals surface area contributed by atoms with Crippen LogP contribution in [0.25, 0.3) is 0 Å². The average molecular weight is 428 g/mol. The van der Waals surface area contributed by atoms with Gasteiger partial charge in [0.1, 0.15) is 5.75 Å². The molecule has 2 aromatic rings. The SMILES string of the molecule is O=C(c1ccc(OCC2CCN(C(=O)c3ccc(F)c(F)c3)CC2)cc1)N1CCCC1. The van der Waals surface area contributed by atoms with Crippen molar-refractivity contribution < 1.29 is 23.1 Å². The number of piperidine rings is 1. The van der Waals surface area contributed by atoms with Crippen molar-refractivity contribution in [2.75, 3.05) is 32.8 Å². The Morgan fingerprint density at radius 2 is 1.39 bits per heavy atom. The van der Waals surface area contributed by atoms with E-state index in [1.165, 1.54) is 6.07 Å². The molecule has 0 spiro atoms. The number of nitrogens with zero attached hydrogens (tertiary/aromatic N) is 2. The lowest BCUT2D eigenvalue weighted by Gasteiger charge is -2.32. The van der Waals surface area contributed by atoms with Gasteiger partial charge >= 0.3 is 0 Å². The van der Waals surface area contributed by atoms with E-state index in [0.29, 0.717) is 31.2 Å². The highest BCUT2D eigenvalue weighted by atomic mass is 19.2. The van der Waals surface area contributed by atoms with Gasteiger partial charge in [-0.25, -0.2) is 8.78 Å². The minimum absolute atomic E-state index is 0.0714. The Balaban J connectivity index is 1.24. The maximum Gasteiger partial charge on any atom is 0.253 e. The van der Waals surface area contributed by atoms with Crippen molar-refractivity contribution in [1.29, 1.82) is 0 Å². The van der Waals surface area contributed by atoms with Crippen LogP contribution in [0, 0.1) is 17.6 Å². The van der Waals surface area contributed by atoms with Gasteiger partial charge in [0.05, 0.1) is 6.61 Å². The van der Waals surface area contributed by atoms with Crippen molar-refractivity contribution >= 4 is 11.8 Å². The van der Waals surface area contributed by atoms with Crippen LogP contribution >= 0.6 is 0 Å². The Hall–Kier alpha value is -2.96. The van der Waals surface area contributed by atoms with Crippen LogP contribution in [0.3, 0.4) is 0 Å². The molecule has 2 saturated heterocycles. The minimum Gasteiger partial charge on any atom is -0.493 e. The third-order valence-electron chi connectivity index (χ3n) is 6.05. The number of ether oxygens (including phenoxy) is 1. The molecule has 0 atom stereocenters. The summed E-state index contributed by atoms with van der Waals surface area (Å²) in [5, 5.41) is 0. The highest BCUT2D eigenvalue weighted by Crippen LogP contribution is 2.22. The number of amides is 2. The van der Waals surface area contributed by atoms with Gasteiger partial charge in [0, 0.05) is 37.3 Å². The van der Waals surface area contributed by atoms with Gasteiger partial charge in [0.25, 0.3) is 11.8 Å². The summed E-state index contributed by atoms with van der Waals surface area (Å²) in [4.78, 5) is 28.5. The predicted octanol–water partition coefficient (Wildman–Crippen LogP) is 4.13. The molecule has 7 heteroatoms. The van der Waals surface area contributed by atoms with Crippen LogP contribution in [0.4, 0.5) is 8.78 Å². The second-order valence-corrected chi connectivity index (χ2v) is 8.20. The summed E-state index contributed by atoms with van der Waals surface area (Å²) in [6.45, 7) is 3.29. The number of hydrogen-bond acceptors (Lipinski definition) is 3. The summed E-state index contributed by atoms with van der Waals surface area (Å²) < 4.78 is 32.4. The van der Waals surface area contributed by atoms with Crippen LogP contribution in [-0.4, -0.2) is 54.4 Å². The van der Waals surface area contributed by atoms with Crippen molar-refractivity contribution in [2.45, 2.75) is 25.7 Å². The number of benzene rings is 2. The monoisotopic (exact) mass is 428 g/mol. The largest absolute Gasteiger partial charge is 0.493 e. The first kappa shape index (κ1) is 21.3. The van der Waals surface area contributed by atoms with E-state index in [-0.39, 0.29) is 17.4 Å². The normalized spacial score (nSPS) is 17.1. The molecule has 2 aromatic carbocycles. The van der Waals surface area contributed by atoms with Crippen LogP contribution in [0.5, 0.6) is 5.75 Å². The van der Waals surface area contributed by atoms with E-state index in [4.69, 9.17) is 4.74 Å². The zero-order valence-electron chi connectivity index (χ0n) is 17.4. The molecule has 0 saturated carbocycles. The van der Waals surface area contributed by atoms with Gasteiger partial charge in [0.2, 0.25) is 0 Å². The number of carbonyl (C=O) groups is 2. The molecule has 0 radical (unpaired) electrons. The van der Waals surface area contributed by atoms with Crippen molar-refractivity contribution in [3.05, 3.63) is 65.2 Å². The molecular weight excluding hydrogens is 402 g/mol. The van der Waals surface area contributed by atoms with E-state index in [1.54, 1.807) is 17.0 Å². The van der Waals surface area contributed by atoms with E-state index < -0.39 is 11.6 Å². The lowest BCUT2D eigenvalue weighted by atomic mass is 9.97. The number of likely N-dealkylation sites (tertiary alicyclic amines) is 2. The third kappa shape index (κ3) is 5.03. The molecule has 0 unspecified atom stereocenters. The molecule has 0 bridgehead atoms. The minimum atomic E-state index is -1.01. The van der Waals surface area contributed by atoms with Crippen LogP contribution in [0.2, 0.25) is 0 Å². The average Bonchev–Trinajstić information content (AvgIpc) is 3.34. The summed E-state index contributed by atoms with van der Waals surface area (Å²) in [7, 11) is 0. The van der Waals surface area contributed by atoms with E-state index in [1.807, 2.05) is 17.0 Å². The molecule has 0 N–H and O–H groups in total. The number of rotatable bonds is 5. The van der Waals surface area contributed by atoms with Crippen LogP contribution in [0.15, 0.2) is 42.5 Å². The number of carbonyl (C=O) groups excluding carboxylic acids is 2. The predicted molar refractivity (Wildman–Crippen MR) is 112 cm³/mol. The van der Waals surface area contributed by atoms with Crippen molar-refractivity contribution in [1.82, 2.24) is 9.80 Å². The van der Waals surface area contributed by atoms with Gasteiger partial charge in [-0.2, -0.15) is 0 Å². The molecule has 0 aromatic heterocycles. The topological polar surface area (TPSA) is 49.9 Å². The van der Waals surface area contributed by atoms with E-state index in [0.717, 1.165) is 56.7 Å². The lowest BCUT2D eigenvalue weighted by Crippen LogP contribution is -2.39. The van der Waals surface area contributed by atoms with Gasteiger partial charge in [-0.15, -0.1) is 0 Å². The van der Waals surface area contributed by atoms with Gasteiger partial charge in [-0.05, 0) is 74.1 Å². The smallest absolute Gasteiger partial charge is 0.253 e. The highest BCUT2D eigenvalue weighted by molar-refractivity contribution is 5.94. The lowest BCUT2D eigenvalue weighted by molar-refractivity contribution is 0.0660. The van der Waals surface area contributed by atoms with E-state index >= 15 is 0 Å². The summed E-state index contributed by atoms with van der Waals surface area (Å²) in [5.74, 6) is -1.15. The summed E-state index contributed by atoms with van der Waals surface area (Å²) in [5.41, 5.74) is 0.843. The van der Waals surface area contributed by atoms with Gasteiger partial charge < -0.3 is 14.5 Å². The molecule has 2 aliphatic heterocycles. The first-order valence-corrected chi connectivity index (χ1v) is 10.8. The van der Waals surface area contributed by atoms with Gasteiger partial charge in [-0.1, -0.05) is 0 Å². The molecule has 4 rings (SSSR count). The van der Waals surface area contributed by atoms with E-state index in [9.17, 15) is 18.4 Å². The zero-order valence-corrected chi connectivity index (χ0v) is 17.4. The Labute approximate surface area is 180 Å². The maximum absolute atomic E-state index is 13.4. The Morgan fingerprint density at radius 1 is 0.806 bits per heavy atom. The van der Waals surface area contributed by atoms with Crippen LogP contribution < -0.4 is 4.74 Å². The third-order valence-corrected chi connectivity index (χ3v) is 6.05. The molecule has 0 aliphatic carbocycles. The Bertz CT molecular complexity index is 934. The standard InChI is InChI=1S/C24H26F2N2O3/c25-21-8-5-19(15-22(21)26)24(30)28-13-9-17(10-14-28)16-31-20-6-3-18(4-7-20)23(29)27-11-1-2-12-27/h3-8,15,17H,1-2,9-14,16H2. The molecule has 164 valence electrons. The van der Waals surface area contributed by atoms with Crippen LogP contribution in [-0.2, 0) is 0 Å². The molecule has 5 nitrogen and oxygen atoms in total. The Kier molecular flexibility index (Phi) is 6.49. The van der Waals surface area contributed by atoms with Crippen molar-refractivity contribution in [2.24, 2.45) is 5.92 Å². The molecule has 2 fully saturated rings. The highest BCUT2D eigenvalue weighted by Gasteiger charge is 2.25. The van der Waals surface area contributed by atoms with Gasteiger partial charge in [-0.3, -0.25) is 9.59 Å². The first-order valence-electron chi connectivity index (χ1n) is 10.8. The number of hydrogen-bond donors (Lipinski definition) is 0. The molecular formula is C24H26F2N2O3.